The van der Waals surface area contributed by atoms with Crippen molar-refractivity contribution in [2.75, 3.05) is 13.2 Å². The van der Waals surface area contributed by atoms with Crippen LogP contribution in [0.1, 0.15) is 252 Å². The van der Waals surface area contributed by atoms with Crippen LogP contribution in [0.15, 0.2) is 0 Å². The van der Waals surface area contributed by atoms with Gasteiger partial charge >= 0.3 is 23.9 Å². The van der Waals surface area contributed by atoms with Gasteiger partial charge in [0.2, 0.25) is 0 Å². The van der Waals surface area contributed by atoms with Crippen molar-refractivity contribution in [3.05, 3.63) is 0 Å². The van der Waals surface area contributed by atoms with Crippen LogP contribution in [0.3, 0.4) is 0 Å². The third-order valence-corrected chi connectivity index (χ3v) is 10.8. The molecule has 0 saturated heterocycles. The van der Waals surface area contributed by atoms with E-state index in [4.69, 9.17) is 19.3 Å². The normalized spacial score (nSPS) is 11.6. The van der Waals surface area contributed by atoms with Gasteiger partial charge in [0, 0.05) is 19.3 Å². The van der Waals surface area contributed by atoms with E-state index in [-0.39, 0.29) is 31.6 Å². The lowest BCUT2D eigenvalue weighted by atomic mass is 9.87. The maximum Gasteiger partial charge on any atom is 0.312 e. The number of aliphatic carboxylic acids is 1. The second-order valence-electron chi connectivity index (χ2n) is 16.9. The molecule has 8 nitrogen and oxygen atoms in total. The molecule has 0 fully saturated rings. The Morgan fingerprint density at radius 1 is 0.436 bits per heavy atom. The summed E-state index contributed by atoms with van der Waals surface area (Å²) in [5, 5.41) is 8.82. The highest BCUT2D eigenvalue weighted by Gasteiger charge is 2.32. The van der Waals surface area contributed by atoms with Crippen molar-refractivity contribution in [3.63, 3.8) is 0 Å². The fourth-order valence-corrected chi connectivity index (χ4v) is 6.99. The number of carboxylic acids is 1. The molecule has 0 amide bonds. The molecule has 0 aromatic carbocycles. The van der Waals surface area contributed by atoms with Gasteiger partial charge in [0.1, 0.15) is 13.2 Å². The van der Waals surface area contributed by atoms with Gasteiger partial charge in [-0.2, -0.15) is 0 Å². The van der Waals surface area contributed by atoms with Crippen molar-refractivity contribution in [1.82, 2.24) is 0 Å². The number of carbonyl (C=O) groups excluding carboxylic acids is 3. The molecule has 0 aromatic rings. The molecule has 0 unspecified atom stereocenters. The molecule has 55 heavy (non-hydrogen) atoms. The molecular formula is C47H88O8. The van der Waals surface area contributed by atoms with Crippen LogP contribution in [0.2, 0.25) is 0 Å². The predicted octanol–water partition coefficient (Wildman–Crippen LogP) is 13.8. The lowest BCUT2D eigenvalue weighted by Crippen LogP contribution is -2.36. The molecule has 0 aliphatic heterocycles. The van der Waals surface area contributed by atoms with E-state index in [2.05, 4.69) is 13.8 Å². The molecule has 0 radical (unpaired) electrons. The Labute approximate surface area is 338 Å². The Kier molecular flexibility index (Phi) is 37.2. The molecule has 0 atom stereocenters. The minimum Gasteiger partial charge on any atom is -0.481 e. The van der Waals surface area contributed by atoms with E-state index in [1.165, 1.54) is 128 Å². The zero-order valence-electron chi connectivity index (χ0n) is 36.5. The van der Waals surface area contributed by atoms with E-state index in [0.29, 0.717) is 25.7 Å². The average molecular weight is 781 g/mol. The van der Waals surface area contributed by atoms with Crippen LogP contribution in [-0.4, -0.2) is 48.3 Å². The standard InChI is InChI=1S/C47H88O8/c1-5-7-9-11-13-15-17-19-21-23-25-29-33-37-44(50)53-40-42(55-46(52)47(3,4)39-35-31-27-28-32-36-43(48)49)41-54-45(51)38-34-30-26-24-22-20-18-16-14-12-10-8-6-2/h42H,5-41H2,1-4H3,(H,48,49). The summed E-state index contributed by atoms with van der Waals surface area (Å²) in [6, 6.07) is 0. The van der Waals surface area contributed by atoms with E-state index in [9.17, 15) is 19.2 Å². The number of esters is 3. The number of rotatable bonds is 42. The van der Waals surface area contributed by atoms with Gasteiger partial charge in [-0.25, -0.2) is 0 Å². The van der Waals surface area contributed by atoms with E-state index in [1.54, 1.807) is 0 Å². The number of carbonyl (C=O) groups is 4. The van der Waals surface area contributed by atoms with Crippen LogP contribution in [0.4, 0.5) is 0 Å². The first kappa shape index (κ1) is 52.9. The molecule has 0 bridgehead atoms. The van der Waals surface area contributed by atoms with Gasteiger partial charge < -0.3 is 19.3 Å². The topological polar surface area (TPSA) is 116 Å². The fourth-order valence-electron chi connectivity index (χ4n) is 6.99. The Morgan fingerprint density at radius 3 is 1.05 bits per heavy atom. The highest BCUT2D eigenvalue weighted by Crippen LogP contribution is 2.27. The molecule has 324 valence electrons. The molecule has 0 saturated carbocycles. The summed E-state index contributed by atoms with van der Waals surface area (Å²) in [7, 11) is 0. The summed E-state index contributed by atoms with van der Waals surface area (Å²) in [4.78, 5) is 49.2. The second kappa shape index (κ2) is 38.7. The van der Waals surface area contributed by atoms with Gasteiger partial charge in [0.15, 0.2) is 6.10 Å². The smallest absolute Gasteiger partial charge is 0.312 e. The minimum absolute atomic E-state index is 0.130. The molecule has 0 aliphatic carbocycles. The van der Waals surface area contributed by atoms with Gasteiger partial charge in [-0.1, -0.05) is 194 Å². The number of carboxylic acid groups (broad SMARTS) is 1. The lowest BCUT2D eigenvalue weighted by Gasteiger charge is -2.26. The van der Waals surface area contributed by atoms with Gasteiger partial charge in [-0.05, 0) is 39.5 Å². The monoisotopic (exact) mass is 781 g/mol. The van der Waals surface area contributed by atoms with Gasteiger partial charge in [0.05, 0.1) is 5.41 Å². The molecule has 0 spiro atoms. The van der Waals surface area contributed by atoms with Crippen molar-refractivity contribution in [1.29, 1.82) is 0 Å². The SMILES string of the molecule is CCCCCCCCCCCCCCCC(=O)OCC(COC(=O)CCCCCCCCCCCCCCC)OC(=O)C(C)(C)CCCCCCCC(=O)O. The Morgan fingerprint density at radius 2 is 0.727 bits per heavy atom. The van der Waals surface area contributed by atoms with Crippen LogP contribution in [0, 0.1) is 5.41 Å². The third-order valence-electron chi connectivity index (χ3n) is 10.8. The maximum atomic E-state index is 13.3. The maximum absolute atomic E-state index is 13.3. The Balaban J connectivity index is 4.53. The van der Waals surface area contributed by atoms with Crippen molar-refractivity contribution in [3.8, 4) is 0 Å². The first-order chi connectivity index (χ1) is 26.6. The molecule has 0 heterocycles. The van der Waals surface area contributed by atoms with Crippen LogP contribution in [0.5, 0.6) is 0 Å². The quantitative estimate of drug-likeness (QED) is 0.0370. The summed E-state index contributed by atoms with van der Waals surface area (Å²) in [6.07, 6.45) is 37.0. The third kappa shape index (κ3) is 37.2. The van der Waals surface area contributed by atoms with Gasteiger partial charge in [0.25, 0.3) is 0 Å². The Hall–Kier alpha value is -2.12. The average Bonchev–Trinajstić information content (AvgIpc) is 3.15. The van der Waals surface area contributed by atoms with Gasteiger partial charge in [-0.3, -0.25) is 19.2 Å². The van der Waals surface area contributed by atoms with E-state index in [1.807, 2.05) is 13.8 Å². The number of hydrogen-bond donors (Lipinski definition) is 1. The molecule has 8 heteroatoms. The lowest BCUT2D eigenvalue weighted by molar-refractivity contribution is -0.173. The van der Waals surface area contributed by atoms with E-state index >= 15 is 0 Å². The molecular weight excluding hydrogens is 693 g/mol. The van der Waals surface area contributed by atoms with Crippen molar-refractivity contribution >= 4 is 23.9 Å². The molecule has 0 aromatic heterocycles. The van der Waals surface area contributed by atoms with Crippen molar-refractivity contribution in [2.45, 2.75) is 259 Å². The highest BCUT2D eigenvalue weighted by molar-refractivity contribution is 5.76. The minimum atomic E-state index is -0.853. The zero-order chi connectivity index (χ0) is 40.7. The summed E-state index contributed by atoms with van der Waals surface area (Å²) in [5.74, 6) is -1.80. The molecule has 1 N–H and O–H groups in total. The predicted molar refractivity (Wildman–Crippen MR) is 226 cm³/mol. The van der Waals surface area contributed by atoms with Gasteiger partial charge in [-0.15, -0.1) is 0 Å². The number of hydrogen-bond acceptors (Lipinski definition) is 7. The number of unbranched alkanes of at least 4 members (excludes halogenated alkanes) is 28. The molecule has 0 rings (SSSR count). The largest absolute Gasteiger partial charge is 0.481 e. The van der Waals surface area contributed by atoms with Crippen molar-refractivity contribution < 1.29 is 38.5 Å². The molecule has 0 aliphatic rings. The highest BCUT2D eigenvalue weighted by atomic mass is 16.6. The zero-order valence-corrected chi connectivity index (χ0v) is 36.5. The fraction of sp³-hybridized carbons (Fsp3) is 0.915. The first-order valence-electron chi connectivity index (χ1n) is 23.4. The summed E-state index contributed by atoms with van der Waals surface area (Å²) < 4.78 is 16.9. The summed E-state index contributed by atoms with van der Waals surface area (Å²) in [5.41, 5.74) is -0.753. The van der Waals surface area contributed by atoms with Crippen LogP contribution in [-0.2, 0) is 33.4 Å². The van der Waals surface area contributed by atoms with Crippen molar-refractivity contribution in [2.24, 2.45) is 5.41 Å². The van der Waals surface area contributed by atoms with Crippen LogP contribution in [0.25, 0.3) is 0 Å². The number of ether oxygens (including phenoxy) is 3. The Bertz CT molecular complexity index is 871. The van der Waals surface area contributed by atoms with E-state index < -0.39 is 23.5 Å². The van der Waals surface area contributed by atoms with Crippen LogP contribution < -0.4 is 0 Å². The summed E-state index contributed by atoms with van der Waals surface area (Å²) in [6.45, 7) is 7.94. The second-order valence-corrected chi connectivity index (χ2v) is 16.9. The summed E-state index contributed by atoms with van der Waals surface area (Å²) >= 11 is 0. The van der Waals surface area contributed by atoms with E-state index in [0.717, 1.165) is 64.2 Å². The first-order valence-corrected chi connectivity index (χ1v) is 23.4. The van der Waals surface area contributed by atoms with Crippen LogP contribution >= 0.6 is 0 Å².